The number of hydrogen-bond acceptors (Lipinski definition) is 3. The number of alkyl halides is 1. The largest absolute Gasteiger partial charge is 0.383 e. The number of aliphatic hydroxyl groups is 1. The molecule has 14 heavy (non-hydrogen) atoms. The van der Waals surface area contributed by atoms with Crippen LogP contribution in [-0.4, -0.2) is 33.8 Å². The van der Waals surface area contributed by atoms with Gasteiger partial charge in [0.15, 0.2) is 5.78 Å². The number of allylic oxidation sites excluding steroid dienone is 1. The Morgan fingerprint density at radius 3 is 2.93 bits per heavy atom. The highest BCUT2D eigenvalue weighted by Crippen LogP contribution is 2.36. The van der Waals surface area contributed by atoms with Crippen LogP contribution in [0.3, 0.4) is 0 Å². The van der Waals surface area contributed by atoms with Crippen molar-refractivity contribution in [3.8, 4) is 0 Å². The summed E-state index contributed by atoms with van der Waals surface area (Å²) in [6.45, 7) is 0. The van der Waals surface area contributed by atoms with Crippen LogP contribution in [0, 0.1) is 0 Å². The standard InChI is InChI=1S/C8H7BrClNO3/c9-3-1-8(14)2-4(12)11-7(8)5(10)6(3)13/h1,5,7,14H,2H2,(H,11,12)/t5-,7-,8+/m0/s1. The Hall–Kier alpha value is -0.390. The average Bonchev–Trinajstić information content (AvgIpc) is 2.37. The first kappa shape index (κ1) is 10.1. The van der Waals surface area contributed by atoms with E-state index in [4.69, 9.17) is 11.6 Å². The van der Waals surface area contributed by atoms with E-state index in [-0.39, 0.29) is 22.6 Å². The van der Waals surface area contributed by atoms with E-state index in [2.05, 4.69) is 21.2 Å². The van der Waals surface area contributed by atoms with Crippen LogP contribution in [0.25, 0.3) is 0 Å². The Morgan fingerprint density at radius 2 is 2.29 bits per heavy atom. The Labute approximate surface area is 93.4 Å². The molecule has 6 heteroatoms. The Balaban J connectivity index is 2.45. The molecule has 2 aliphatic rings. The van der Waals surface area contributed by atoms with E-state index in [0.29, 0.717) is 0 Å². The lowest BCUT2D eigenvalue weighted by atomic mass is 9.86. The minimum absolute atomic E-state index is 0.0523. The molecule has 0 radical (unpaired) electrons. The molecular formula is C8H7BrClNO3. The minimum Gasteiger partial charge on any atom is -0.383 e. The molecule has 1 aliphatic heterocycles. The lowest BCUT2D eigenvalue weighted by Gasteiger charge is -2.32. The van der Waals surface area contributed by atoms with Crippen molar-refractivity contribution >= 4 is 39.2 Å². The second-order valence-electron chi connectivity index (χ2n) is 3.47. The second-order valence-corrected chi connectivity index (χ2v) is 4.80. The third kappa shape index (κ3) is 1.31. The van der Waals surface area contributed by atoms with Crippen LogP contribution in [0.1, 0.15) is 6.42 Å². The number of carbonyl (C=O) groups excluding carboxylic acids is 2. The number of amides is 1. The van der Waals surface area contributed by atoms with E-state index >= 15 is 0 Å². The topological polar surface area (TPSA) is 66.4 Å². The quantitative estimate of drug-likeness (QED) is 0.617. The van der Waals surface area contributed by atoms with Crippen LogP contribution in [-0.2, 0) is 9.59 Å². The van der Waals surface area contributed by atoms with Gasteiger partial charge in [-0.05, 0) is 22.0 Å². The number of rotatable bonds is 0. The first-order valence-corrected chi connectivity index (χ1v) is 5.25. The molecule has 1 fully saturated rings. The van der Waals surface area contributed by atoms with Gasteiger partial charge in [-0.3, -0.25) is 9.59 Å². The zero-order valence-electron chi connectivity index (χ0n) is 6.96. The molecule has 1 aliphatic carbocycles. The summed E-state index contributed by atoms with van der Waals surface area (Å²) in [5.74, 6) is -0.613. The van der Waals surface area contributed by atoms with Crippen LogP contribution >= 0.6 is 27.5 Å². The molecule has 1 heterocycles. The summed E-state index contributed by atoms with van der Waals surface area (Å²) in [5.41, 5.74) is -1.34. The van der Waals surface area contributed by atoms with Gasteiger partial charge in [0.05, 0.1) is 16.9 Å². The molecule has 1 amide bonds. The molecule has 0 aromatic carbocycles. The maximum Gasteiger partial charge on any atom is 0.223 e. The molecule has 3 atom stereocenters. The summed E-state index contributed by atoms with van der Waals surface area (Å²) in [7, 11) is 0. The summed E-state index contributed by atoms with van der Waals surface area (Å²) < 4.78 is 0.229. The third-order valence-corrected chi connectivity index (χ3v) is 3.52. The highest BCUT2D eigenvalue weighted by Gasteiger charge is 2.52. The monoisotopic (exact) mass is 279 g/mol. The molecule has 0 bridgehead atoms. The Kier molecular flexibility index (Phi) is 2.21. The number of carbonyl (C=O) groups is 2. The molecule has 2 N–H and O–H groups in total. The van der Waals surface area contributed by atoms with E-state index in [1.165, 1.54) is 6.08 Å². The molecule has 1 saturated heterocycles. The lowest BCUT2D eigenvalue weighted by molar-refractivity contribution is -0.120. The molecule has 2 rings (SSSR count). The lowest BCUT2D eigenvalue weighted by Crippen LogP contribution is -2.53. The molecule has 4 nitrogen and oxygen atoms in total. The summed E-state index contributed by atoms with van der Waals surface area (Å²) in [6.07, 6.45) is 1.29. The van der Waals surface area contributed by atoms with Crippen LogP contribution in [0.5, 0.6) is 0 Å². The van der Waals surface area contributed by atoms with E-state index in [1.807, 2.05) is 0 Å². The van der Waals surface area contributed by atoms with Gasteiger partial charge in [-0.2, -0.15) is 0 Å². The number of Topliss-reactive ketones (excluding diaryl/α,β-unsaturated/α-hetero) is 1. The normalized spacial score (nSPS) is 41.8. The maximum absolute atomic E-state index is 11.4. The fourth-order valence-corrected chi connectivity index (χ4v) is 2.93. The molecular weight excluding hydrogens is 273 g/mol. The van der Waals surface area contributed by atoms with Gasteiger partial charge in [0.25, 0.3) is 0 Å². The molecule has 0 aromatic heterocycles. The zero-order valence-corrected chi connectivity index (χ0v) is 9.30. The predicted octanol–water partition coefficient (Wildman–Crippen LogP) is 0.0749. The van der Waals surface area contributed by atoms with Crippen molar-refractivity contribution in [2.75, 3.05) is 0 Å². The molecule has 0 unspecified atom stereocenters. The maximum atomic E-state index is 11.4. The Morgan fingerprint density at radius 1 is 1.64 bits per heavy atom. The van der Waals surface area contributed by atoms with E-state index in [9.17, 15) is 14.7 Å². The SMILES string of the molecule is O=C1C[C@]2(O)C=C(Br)C(=O)[C@H](Cl)[C@@H]2N1. The van der Waals surface area contributed by atoms with Crippen LogP contribution in [0.15, 0.2) is 10.6 Å². The smallest absolute Gasteiger partial charge is 0.223 e. The predicted molar refractivity (Wildman–Crippen MR) is 53.2 cm³/mol. The highest BCUT2D eigenvalue weighted by molar-refractivity contribution is 9.12. The number of nitrogens with one attached hydrogen (secondary N) is 1. The van der Waals surface area contributed by atoms with Crippen molar-refractivity contribution in [1.29, 1.82) is 0 Å². The van der Waals surface area contributed by atoms with Gasteiger partial charge < -0.3 is 10.4 Å². The summed E-state index contributed by atoms with van der Waals surface area (Å²) in [6, 6.07) is -0.717. The first-order chi connectivity index (χ1) is 6.44. The zero-order chi connectivity index (χ0) is 10.5. The number of halogens is 2. The Bertz CT molecular complexity index is 356. The van der Waals surface area contributed by atoms with E-state index < -0.39 is 17.0 Å². The van der Waals surface area contributed by atoms with Gasteiger partial charge in [-0.25, -0.2) is 0 Å². The van der Waals surface area contributed by atoms with Crippen LogP contribution < -0.4 is 5.32 Å². The highest BCUT2D eigenvalue weighted by atomic mass is 79.9. The van der Waals surface area contributed by atoms with Gasteiger partial charge in [0, 0.05) is 0 Å². The van der Waals surface area contributed by atoms with Gasteiger partial charge in [-0.1, -0.05) is 0 Å². The number of fused-ring (bicyclic) bond motifs is 1. The van der Waals surface area contributed by atoms with Crippen molar-refractivity contribution in [3.05, 3.63) is 10.6 Å². The summed E-state index contributed by atoms with van der Waals surface area (Å²) in [5, 5.41) is 11.6. The summed E-state index contributed by atoms with van der Waals surface area (Å²) >= 11 is 8.84. The fraction of sp³-hybridized carbons (Fsp3) is 0.500. The van der Waals surface area contributed by atoms with E-state index in [1.54, 1.807) is 0 Å². The van der Waals surface area contributed by atoms with Crippen LogP contribution in [0.4, 0.5) is 0 Å². The van der Waals surface area contributed by atoms with Crippen molar-refractivity contribution < 1.29 is 14.7 Å². The first-order valence-electron chi connectivity index (χ1n) is 4.02. The average molecular weight is 281 g/mol. The second kappa shape index (κ2) is 3.05. The van der Waals surface area contributed by atoms with Crippen molar-refractivity contribution in [2.24, 2.45) is 0 Å². The number of ketones is 1. The molecule has 0 saturated carbocycles. The molecule has 0 aromatic rings. The van der Waals surface area contributed by atoms with Gasteiger partial charge in [-0.15, -0.1) is 11.6 Å². The van der Waals surface area contributed by atoms with Crippen molar-refractivity contribution in [2.45, 2.75) is 23.4 Å². The number of hydrogen-bond donors (Lipinski definition) is 2. The van der Waals surface area contributed by atoms with Gasteiger partial charge in [0.2, 0.25) is 5.91 Å². The van der Waals surface area contributed by atoms with Crippen molar-refractivity contribution in [3.63, 3.8) is 0 Å². The van der Waals surface area contributed by atoms with E-state index in [0.717, 1.165) is 0 Å². The van der Waals surface area contributed by atoms with Crippen LogP contribution in [0.2, 0.25) is 0 Å². The van der Waals surface area contributed by atoms with Crippen molar-refractivity contribution in [1.82, 2.24) is 5.32 Å². The summed E-state index contributed by atoms with van der Waals surface area (Å²) in [4.78, 5) is 22.5. The molecule has 0 spiro atoms. The van der Waals surface area contributed by atoms with Gasteiger partial charge >= 0.3 is 0 Å². The minimum atomic E-state index is -1.34. The third-order valence-electron chi connectivity index (χ3n) is 2.45. The fourth-order valence-electron chi connectivity index (χ4n) is 1.76. The molecule has 76 valence electrons. The van der Waals surface area contributed by atoms with Gasteiger partial charge in [0.1, 0.15) is 11.0 Å².